The highest BCUT2D eigenvalue weighted by atomic mass is 15.2. The molecule has 272 valence electrons. The molecule has 0 amide bonds. The lowest BCUT2D eigenvalue weighted by molar-refractivity contribution is -0.00491. The molecule has 0 aromatic heterocycles. The molecule has 5 fully saturated rings. The topological polar surface area (TPSA) is 6.48 Å². The Hall–Kier alpha value is -5.08. The van der Waals surface area contributed by atoms with E-state index in [1.807, 2.05) is 0 Å². The molecule has 2 nitrogen and oxygen atoms in total. The minimum atomic E-state index is -0.0532. The van der Waals surface area contributed by atoms with Gasteiger partial charge in [0.2, 0.25) is 0 Å². The molecule has 0 radical (unpaired) electrons. The quantitative estimate of drug-likeness (QED) is 0.162. The molecule has 5 saturated carbocycles. The van der Waals surface area contributed by atoms with Crippen molar-refractivity contribution in [3.63, 3.8) is 0 Å². The fraction of sp³-hybridized carbons (Fsp3) is 0.321. The summed E-state index contributed by atoms with van der Waals surface area (Å²) in [4.78, 5) is 5.30. The van der Waals surface area contributed by atoms with Gasteiger partial charge >= 0.3 is 0 Å². The van der Waals surface area contributed by atoms with Crippen molar-refractivity contribution in [2.75, 3.05) is 9.80 Å². The third kappa shape index (κ3) is 4.67. The molecule has 7 aliphatic rings. The van der Waals surface area contributed by atoms with Gasteiger partial charge < -0.3 is 9.80 Å². The fourth-order valence-electron chi connectivity index (χ4n) is 14.2. The van der Waals surface area contributed by atoms with Gasteiger partial charge in [0.15, 0.2) is 0 Å². The van der Waals surface area contributed by atoms with Crippen LogP contribution in [0.15, 0.2) is 152 Å². The maximum atomic E-state index is 2.74. The van der Waals surface area contributed by atoms with E-state index in [-0.39, 0.29) is 10.8 Å². The molecule has 6 aromatic carbocycles. The first-order chi connectivity index (χ1) is 27.2. The second-order valence-corrected chi connectivity index (χ2v) is 18.3. The van der Waals surface area contributed by atoms with Crippen LogP contribution < -0.4 is 9.80 Å². The van der Waals surface area contributed by atoms with Crippen molar-refractivity contribution in [2.24, 2.45) is 29.6 Å². The van der Waals surface area contributed by atoms with Crippen molar-refractivity contribution in [1.29, 1.82) is 0 Å². The van der Waals surface area contributed by atoms with Crippen molar-refractivity contribution in [3.8, 4) is 0 Å². The van der Waals surface area contributed by atoms with Crippen LogP contribution in [0.5, 0.6) is 0 Å². The van der Waals surface area contributed by atoms with E-state index in [1.54, 1.807) is 27.8 Å². The van der Waals surface area contributed by atoms with Gasteiger partial charge in [0, 0.05) is 28.2 Å². The SMILES string of the molecule is c1ccc(N(c2ccccc2)c2cccc3c2C24c5c(cccc5N(c5ccccc5)c5ccccc5C56CC7CC(CC(C7)C5)C6)CC2CCC4C3)cc1. The van der Waals surface area contributed by atoms with E-state index >= 15 is 0 Å². The monoisotopic (exact) mass is 714 g/mol. The zero-order chi connectivity index (χ0) is 36.1. The van der Waals surface area contributed by atoms with Gasteiger partial charge in [0.05, 0.1) is 11.4 Å². The summed E-state index contributed by atoms with van der Waals surface area (Å²) >= 11 is 0. The molecular weight excluding hydrogens is 665 g/mol. The van der Waals surface area contributed by atoms with E-state index in [1.165, 1.54) is 85.5 Å². The van der Waals surface area contributed by atoms with Crippen LogP contribution in [0.2, 0.25) is 0 Å². The highest BCUT2D eigenvalue weighted by molar-refractivity contribution is 5.87. The second kappa shape index (κ2) is 12.2. The number of fused-ring (bicyclic) bond motifs is 2. The molecule has 0 heterocycles. The lowest BCUT2D eigenvalue weighted by atomic mass is 9.48. The van der Waals surface area contributed by atoms with Gasteiger partial charge in [-0.25, -0.2) is 0 Å². The van der Waals surface area contributed by atoms with E-state index in [4.69, 9.17) is 0 Å². The van der Waals surface area contributed by atoms with E-state index in [2.05, 4.69) is 161 Å². The second-order valence-electron chi connectivity index (χ2n) is 18.3. The number of hydrogen-bond acceptors (Lipinski definition) is 2. The maximum Gasteiger partial charge on any atom is 0.0505 e. The number of rotatable bonds is 7. The predicted octanol–water partition coefficient (Wildman–Crippen LogP) is 13.5. The molecule has 55 heavy (non-hydrogen) atoms. The van der Waals surface area contributed by atoms with E-state index < -0.39 is 0 Å². The number of nitrogens with zero attached hydrogens (tertiary/aromatic N) is 2. The van der Waals surface area contributed by atoms with Crippen LogP contribution in [0.1, 0.15) is 79.2 Å². The van der Waals surface area contributed by atoms with E-state index in [0.29, 0.717) is 11.8 Å². The Labute approximate surface area is 326 Å². The largest absolute Gasteiger partial charge is 0.310 e. The molecule has 0 N–H and O–H groups in total. The number of para-hydroxylation sites is 4. The predicted molar refractivity (Wildman–Crippen MR) is 227 cm³/mol. The summed E-state index contributed by atoms with van der Waals surface area (Å²) in [6, 6.07) is 57.9. The molecule has 7 aliphatic carbocycles. The van der Waals surface area contributed by atoms with Crippen LogP contribution in [0.3, 0.4) is 0 Å². The number of hydrogen-bond donors (Lipinski definition) is 0. The zero-order valence-corrected chi connectivity index (χ0v) is 31.8. The van der Waals surface area contributed by atoms with Crippen molar-refractivity contribution in [3.05, 3.63) is 179 Å². The third-order valence-corrected chi connectivity index (χ3v) is 15.4. The highest BCUT2D eigenvalue weighted by Gasteiger charge is 2.62. The van der Waals surface area contributed by atoms with Gasteiger partial charge in [-0.05, 0) is 182 Å². The first-order valence-electron chi connectivity index (χ1n) is 21.3. The average Bonchev–Trinajstić information content (AvgIpc) is 3.85. The smallest absolute Gasteiger partial charge is 0.0505 e. The molecular formula is C53H50N2. The number of anilines is 6. The molecule has 4 bridgehead atoms. The van der Waals surface area contributed by atoms with E-state index in [0.717, 1.165) is 30.6 Å². The van der Waals surface area contributed by atoms with Crippen LogP contribution in [-0.2, 0) is 23.7 Å². The van der Waals surface area contributed by atoms with E-state index in [9.17, 15) is 0 Å². The summed E-state index contributed by atoms with van der Waals surface area (Å²) in [5.41, 5.74) is 16.0. The van der Waals surface area contributed by atoms with Crippen LogP contribution >= 0.6 is 0 Å². The van der Waals surface area contributed by atoms with Crippen molar-refractivity contribution < 1.29 is 0 Å². The molecule has 2 heteroatoms. The first kappa shape index (κ1) is 32.2. The fourth-order valence-corrected chi connectivity index (χ4v) is 14.2. The van der Waals surface area contributed by atoms with Gasteiger partial charge in [-0.2, -0.15) is 0 Å². The van der Waals surface area contributed by atoms with Crippen molar-refractivity contribution in [1.82, 2.24) is 0 Å². The molecule has 0 aliphatic heterocycles. The highest BCUT2D eigenvalue weighted by Crippen LogP contribution is 2.69. The Kier molecular flexibility index (Phi) is 7.15. The first-order valence-corrected chi connectivity index (χ1v) is 21.3. The summed E-state index contributed by atoms with van der Waals surface area (Å²) in [5, 5.41) is 0. The lowest BCUT2D eigenvalue weighted by Crippen LogP contribution is -2.49. The van der Waals surface area contributed by atoms with Crippen molar-refractivity contribution in [2.45, 2.75) is 75.0 Å². The van der Waals surface area contributed by atoms with Crippen LogP contribution in [0.4, 0.5) is 34.1 Å². The zero-order valence-electron chi connectivity index (χ0n) is 31.8. The summed E-state index contributed by atoms with van der Waals surface area (Å²) < 4.78 is 0. The Morgan fingerprint density at radius 1 is 0.400 bits per heavy atom. The molecule has 3 atom stereocenters. The average molecular weight is 715 g/mol. The maximum absolute atomic E-state index is 2.74. The minimum Gasteiger partial charge on any atom is -0.310 e. The lowest BCUT2D eigenvalue weighted by Gasteiger charge is -2.57. The molecule has 6 aromatic rings. The third-order valence-electron chi connectivity index (χ3n) is 15.4. The van der Waals surface area contributed by atoms with Gasteiger partial charge in [-0.15, -0.1) is 0 Å². The summed E-state index contributed by atoms with van der Waals surface area (Å²) in [6.45, 7) is 0. The molecule has 1 spiro atoms. The molecule has 3 unspecified atom stereocenters. The minimum absolute atomic E-state index is 0.0532. The van der Waals surface area contributed by atoms with Gasteiger partial charge in [-0.3, -0.25) is 0 Å². The Bertz CT molecular complexity index is 2320. The molecule has 13 rings (SSSR count). The number of benzene rings is 6. The standard InChI is InChI=1S/C53H50N2/c1-4-16-43(17-5-1)54(44-18-6-2-7-19-44)48-24-12-14-39-31-41-26-27-42-32-40-15-13-25-49(51(40)53(41,42)50(39)48)55(45-20-8-3-9-21-45)47-23-11-10-22-46(47)52-33-36-28-37(34-52)30-38(29-36)35-52/h1-25,36-38,41-42H,26-35H2. The summed E-state index contributed by atoms with van der Waals surface area (Å²) in [6.07, 6.45) is 13.4. The molecule has 0 saturated heterocycles. The van der Waals surface area contributed by atoms with Crippen molar-refractivity contribution >= 4 is 34.1 Å². The summed E-state index contributed by atoms with van der Waals surface area (Å²) in [5.74, 6) is 3.86. The van der Waals surface area contributed by atoms with Crippen LogP contribution in [0, 0.1) is 29.6 Å². The Morgan fingerprint density at radius 2 is 0.818 bits per heavy atom. The van der Waals surface area contributed by atoms with Gasteiger partial charge in [-0.1, -0.05) is 97.1 Å². The van der Waals surface area contributed by atoms with Crippen LogP contribution in [-0.4, -0.2) is 0 Å². The Morgan fingerprint density at radius 3 is 1.33 bits per heavy atom. The summed E-state index contributed by atoms with van der Waals surface area (Å²) in [7, 11) is 0. The Balaban J connectivity index is 1.10. The van der Waals surface area contributed by atoms with Crippen LogP contribution in [0.25, 0.3) is 0 Å². The normalized spacial score (nSPS) is 29.1. The van der Waals surface area contributed by atoms with Gasteiger partial charge in [0.25, 0.3) is 0 Å². The van der Waals surface area contributed by atoms with Gasteiger partial charge in [0.1, 0.15) is 0 Å².